The number of nitrogens with zero attached hydrogens (tertiary/aromatic N) is 4. The maximum Gasteiger partial charge on any atom is 0.292 e. The van der Waals surface area contributed by atoms with E-state index >= 15 is 0 Å². The average Bonchev–Trinajstić information content (AvgIpc) is 3.14. The Labute approximate surface area is 134 Å². The Kier molecular flexibility index (Phi) is 4.04. The second-order valence-electron chi connectivity index (χ2n) is 6.08. The van der Waals surface area contributed by atoms with Gasteiger partial charge in [-0.15, -0.1) is 0 Å². The number of carbonyl (C=O) groups is 1. The normalized spacial score (nSPS) is 20.7. The molecule has 1 unspecified atom stereocenters. The molecule has 0 spiro atoms. The van der Waals surface area contributed by atoms with Gasteiger partial charge >= 0.3 is 0 Å². The first kappa shape index (κ1) is 15.5. The van der Waals surface area contributed by atoms with Crippen LogP contribution in [0, 0.1) is 6.92 Å². The predicted molar refractivity (Wildman–Crippen MR) is 84.2 cm³/mol. The summed E-state index contributed by atoms with van der Waals surface area (Å²) in [5.74, 6) is 0.742. The molecule has 0 saturated carbocycles. The van der Waals surface area contributed by atoms with Crippen molar-refractivity contribution in [3.8, 4) is 0 Å². The van der Waals surface area contributed by atoms with Crippen LogP contribution in [-0.4, -0.2) is 58.3 Å². The summed E-state index contributed by atoms with van der Waals surface area (Å²) in [6.45, 7) is 3.14. The van der Waals surface area contributed by atoms with Crippen molar-refractivity contribution in [3.05, 3.63) is 41.9 Å². The second-order valence-corrected chi connectivity index (χ2v) is 6.08. The van der Waals surface area contributed by atoms with E-state index in [1.54, 1.807) is 26.2 Å². The maximum atomic E-state index is 12.3. The van der Waals surface area contributed by atoms with E-state index in [0.29, 0.717) is 25.2 Å². The molecule has 7 heteroatoms. The Balaban J connectivity index is 1.64. The van der Waals surface area contributed by atoms with E-state index in [2.05, 4.69) is 10.1 Å². The number of rotatable bonds is 4. The lowest BCUT2D eigenvalue weighted by molar-refractivity contribution is 0.0248. The summed E-state index contributed by atoms with van der Waals surface area (Å²) >= 11 is 0. The first-order valence-corrected chi connectivity index (χ1v) is 7.54. The van der Waals surface area contributed by atoms with E-state index in [4.69, 9.17) is 4.52 Å². The maximum absolute atomic E-state index is 12.3. The number of pyridine rings is 1. The van der Waals surface area contributed by atoms with Crippen LogP contribution in [0.3, 0.4) is 0 Å². The molecule has 1 atom stereocenters. The Bertz CT molecular complexity index is 688. The van der Waals surface area contributed by atoms with Crippen LogP contribution in [0.25, 0.3) is 0 Å². The van der Waals surface area contributed by atoms with E-state index in [-0.39, 0.29) is 18.2 Å². The third kappa shape index (κ3) is 3.34. The molecule has 122 valence electrons. The number of amides is 1. The topological polar surface area (TPSA) is 82.7 Å². The van der Waals surface area contributed by atoms with Gasteiger partial charge in [-0.1, -0.05) is 11.2 Å². The minimum Gasteiger partial charge on any atom is -0.386 e. The van der Waals surface area contributed by atoms with Gasteiger partial charge in [0, 0.05) is 32.4 Å². The Morgan fingerprint density at radius 2 is 2.35 bits per heavy atom. The number of aromatic nitrogens is 2. The SMILES string of the molecule is Cc1cc(C(=O)N(C)CC2(O)CCN(c3ccccn3)C2)on1. The molecule has 0 bridgehead atoms. The fourth-order valence-electron chi connectivity index (χ4n) is 2.89. The van der Waals surface area contributed by atoms with Crippen LogP contribution in [-0.2, 0) is 0 Å². The molecular formula is C16H20N4O3. The van der Waals surface area contributed by atoms with Crippen molar-refractivity contribution in [3.63, 3.8) is 0 Å². The molecule has 2 aromatic rings. The number of hydrogen-bond donors (Lipinski definition) is 1. The summed E-state index contributed by atoms with van der Waals surface area (Å²) in [6.07, 6.45) is 2.31. The van der Waals surface area contributed by atoms with Crippen molar-refractivity contribution in [1.29, 1.82) is 0 Å². The molecule has 1 fully saturated rings. The largest absolute Gasteiger partial charge is 0.386 e. The van der Waals surface area contributed by atoms with Crippen molar-refractivity contribution in [1.82, 2.24) is 15.0 Å². The number of β-amino-alcohol motifs (C(OH)–C–C–N with tert-alkyl or cyclic N) is 1. The van der Waals surface area contributed by atoms with Crippen molar-refractivity contribution in [2.24, 2.45) is 0 Å². The highest BCUT2D eigenvalue weighted by Gasteiger charge is 2.38. The van der Waals surface area contributed by atoms with Crippen LogP contribution in [0.4, 0.5) is 5.82 Å². The molecule has 0 aromatic carbocycles. The van der Waals surface area contributed by atoms with Gasteiger partial charge in [-0.25, -0.2) is 4.98 Å². The number of hydrogen-bond acceptors (Lipinski definition) is 6. The van der Waals surface area contributed by atoms with Gasteiger partial charge in [-0.05, 0) is 25.5 Å². The van der Waals surface area contributed by atoms with Crippen LogP contribution in [0.15, 0.2) is 35.0 Å². The van der Waals surface area contributed by atoms with E-state index in [1.165, 1.54) is 4.90 Å². The van der Waals surface area contributed by atoms with Gasteiger partial charge < -0.3 is 19.4 Å². The fraction of sp³-hybridized carbons (Fsp3) is 0.438. The first-order valence-electron chi connectivity index (χ1n) is 7.54. The second kappa shape index (κ2) is 6.00. The molecule has 3 rings (SSSR count). The molecule has 1 aliphatic heterocycles. The lowest BCUT2D eigenvalue weighted by atomic mass is 10.0. The summed E-state index contributed by atoms with van der Waals surface area (Å²) in [5, 5.41) is 14.5. The fourth-order valence-corrected chi connectivity index (χ4v) is 2.89. The van der Waals surface area contributed by atoms with Crippen LogP contribution >= 0.6 is 0 Å². The van der Waals surface area contributed by atoms with Gasteiger partial charge in [-0.2, -0.15) is 0 Å². The summed E-state index contributed by atoms with van der Waals surface area (Å²) in [4.78, 5) is 20.1. The molecular weight excluding hydrogens is 296 g/mol. The number of anilines is 1. The molecule has 2 aromatic heterocycles. The molecule has 1 amide bonds. The lowest BCUT2D eigenvalue weighted by Gasteiger charge is -2.28. The van der Waals surface area contributed by atoms with Crippen LogP contribution < -0.4 is 4.90 Å². The van der Waals surface area contributed by atoms with Gasteiger partial charge in [-0.3, -0.25) is 4.79 Å². The summed E-state index contributed by atoms with van der Waals surface area (Å²) in [5.41, 5.74) is -0.306. The lowest BCUT2D eigenvalue weighted by Crippen LogP contribution is -2.45. The zero-order valence-corrected chi connectivity index (χ0v) is 13.3. The van der Waals surface area contributed by atoms with E-state index < -0.39 is 5.60 Å². The van der Waals surface area contributed by atoms with E-state index in [1.807, 2.05) is 23.1 Å². The minimum absolute atomic E-state index is 0.188. The Morgan fingerprint density at radius 1 is 1.52 bits per heavy atom. The number of aryl methyl sites for hydroxylation is 1. The van der Waals surface area contributed by atoms with Crippen molar-refractivity contribution < 1.29 is 14.4 Å². The highest BCUT2D eigenvalue weighted by Crippen LogP contribution is 2.26. The summed E-state index contributed by atoms with van der Waals surface area (Å²) < 4.78 is 4.99. The standard InChI is InChI=1S/C16H20N4O3/c1-12-9-13(23-18-12)15(21)19(2)10-16(22)6-8-20(11-16)14-5-3-4-7-17-14/h3-5,7,9,22H,6,8,10-11H2,1-2H3. The Morgan fingerprint density at radius 3 is 3.00 bits per heavy atom. The summed E-state index contributed by atoms with van der Waals surface area (Å²) in [6, 6.07) is 7.29. The molecule has 1 saturated heterocycles. The van der Waals surface area contributed by atoms with Crippen molar-refractivity contribution in [2.75, 3.05) is 31.6 Å². The molecule has 3 heterocycles. The Hall–Kier alpha value is -2.41. The molecule has 1 aliphatic rings. The predicted octanol–water partition coefficient (Wildman–Crippen LogP) is 1.09. The first-order chi connectivity index (χ1) is 11.0. The zero-order valence-electron chi connectivity index (χ0n) is 13.3. The van der Waals surface area contributed by atoms with Crippen LogP contribution in [0.5, 0.6) is 0 Å². The molecule has 0 radical (unpaired) electrons. The third-order valence-electron chi connectivity index (χ3n) is 4.02. The van der Waals surface area contributed by atoms with Gasteiger partial charge in [0.1, 0.15) is 11.4 Å². The number of likely N-dealkylation sites (N-methyl/N-ethyl adjacent to an activating group) is 1. The van der Waals surface area contributed by atoms with E-state index in [0.717, 1.165) is 5.82 Å². The average molecular weight is 316 g/mol. The zero-order chi connectivity index (χ0) is 16.4. The molecule has 0 aliphatic carbocycles. The highest BCUT2D eigenvalue weighted by molar-refractivity contribution is 5.91. The molecule has 1 N–H and O–H groups in total. The third-order valence-corrected chi connectivity index (χ3v) is 4.02. The molecule has 7 nitrogen and oxygen atoms in total. The quantitative estimate of drug-likeness (QED) is 0.909. The number of carbonyl (C=O) groups excluding carboxylic acids is 1. The van der Waals surface area contributed by atoms with Gasteiger partial charge in [0.2, 0.25) is 5.76 Å². The monoisotopic (exact) mass is 316 g/mol. The highest BCUT2D eigenvalue weighted by atomic mass is 16.5. The summed E-state index contributed by atoms with van der Waals surface area (Å²) in [7, 11) is 1.65. The minimum atomic E-state index is -0.961. The smallest absolute Gasteiger partial charge is 0.292 e. The van der Waals surface area contributed by atoms with Crippen LogP contribution in [0.2, 0.25) is 0 Å². The van der Waals surface area contributed by atoms with Gasteiger partial charge in [0.05, 0.1) is 12.2 Å². The van der Waals surface area contributed by atoms with Crippen molar-refractivity contribution in [2.45, 2.75) is 18.9 Å². The number of aliphatic hydroxyl groups is 1. The van der Waals surface area contributed by atoms with Gasteiger partial charge in [0.25, 0.3) is 5.91 Å². The van der Waals surface area contributed by atoms with Crippen molar-refractivity contribution >= 4 is 11.7 Å². The van der Waals surface area contributed by atoms with Gasteiger partial charge in [0.15, 0.2) is 0 Å². The molecule has 23 heavy (non-hydrogen) atoms. The van der Waals surface area contributed by atoms with Crippen LogP contribution in [0.1, 0.15) is 22.7 Å². The van der Waals surface area contributed by atoms with E-state index in [9.17, 15) is 9.90 Å².